The molecule has 5 heteroatoms. The average Bonchev–Trinajstić information content (AvgIpc) is 3.01. The number of carbonyl (C=O) groups is 1. The highest BCUT2D eigenvalue weighted by Gasteiger charge is 2.16. The van der Waals surface area contributed by atoms with E-state index in [0.29, 0.717) is 18.7 Å². The number of nitrogens with one attached hydrogen (secondary N) is 2. The second kappa shape index (κ2) is 7.75. The SMILES string of the molecule is CCc1ncc(C(=O)NCC(CC(C)O)c2ccccc2)[nH]1. The molecule has 1 heterocycles. The van der Waals surface area contributed by atoms with E-state index in [1.165, 1.54) is 0 Å². The number of carbonyl (C=O) groups excluding carboxylic acids is 1. The van der Waals surface area contributed by atoms with Crippen molar-refractivity contribution < 1.29 is 9.90 Å². The van der Waals surface area contributed by atoms with Gasteiger partial charge in [0, 0.05) is 18.9 Å². The number of aromatic nitrogens is 2. The normalized spacial score (nSPS) is 13.6. The molecule has 2 aromatic rings. The Morgan fingerprint density at radius 1 is 1.36 bits per heavy atom. The maximum Gasteiger partial charge on any atom is 0.269 e. The van der Waals surface area contributed by atoms with E-state index in [2.05, 4.69) is 15.3 Å². The summed E-state index contributed by atoms with van der Waals surface area (Å²) in [5, 5.41) is 12.6. The second-order valence-electron chi connectivity index (χ2n) is 5.50. The molecule has 0 saturated heterocycles. The molecule has 0 aliphatic carbocycles. The van der Waals surface area contributed by atoms with Gasteiger partial charge >= 0.3 is 0 Å². The molecule has 0 saturated carbocycles. The molecule has 0 fully saturated rings. The lowest BCUT2D eigenvalue weighted by Gasteiger charge is -2.19. The molecule has 2 rings (SSSR count). The second-order valence-corrected chi connectivity index (χ2v) is 5.50. The number of aromatic amines is 1. The molecule has 2 atom stereocenters. The Kier molecular flexibility index (Phi) is 5.72. The lowest BCUT2D eigenvalue weighted by molar-refractivity contribution is 0.0941. The molecule has 5 nitrogen and oxygen atoms in total. The third-order valence-corrected chi connectivity index (χ3v) is 3.61. The maximum atomic E-state index is 12.2. The van der Waals surface area contributed by atoms with Crippen molar-refractivity contribution in [2.45, 2.75) is 38.7 Å². The molecule has 22 heavy (non-hydrogen) atoms. The molecular formula is C17H23N3O2. The van der Waals surface area contributed by atoms with Gasteiger partial charge in [0.15, 0.2) is 0 Å². The zero-order valence-corrected chi connectivity index (χ0v) is 13.0. The van der Waals surface area contributed by atoms with Gasteiger partial charge < -0.3 is 15.4 Å². The van der Waals surface area contributed by atoms with E-state index in [1.807, 2.05) is 37.3 Å². The van der Waals surface area contributed by atoms with Gasteiger partial charge in [-0.3, -0.25) is 4.79 Å². The first kappa shape index (κ1) is 16.2. The maximum absolute atomic E-state index is 12.2. The Morgan fingerprint density at radius 3 is 2.68 bits per heavy atom. The van der Waals surface area contributed by atoms with E-state index in [9.17, 15) is 9.90 Å². The van der Waals surface area contributed by atoms with Crippen molar-refractivity contribution in [1.82, 2.24) is 15.3 Å². The van der Waals surface area contributed by atoms with Gasteiger partial charge in [0.2, 0.25) is 0 Å². The number of imidazole rings is 1. The Bertz CT molecular complexity index is 593. The van der Waals surface area contributed by atoms with Crippen molar-refractivity contribution in [3.8, 4) is 0 Å². The van der Waals surface area contributed by atoms with Crippen LogP contribution in [0, 0.1) is 0 Å². The number of nitrogens with zero attached hydrogens (tertiary/aromatic N) is 1. The molecule has 1 aromatic carbocycles. The van der Waals surface area contributed by atoms with Gasteiger partial charge in [0.05, 0.1) is 12.3 Å². The van der Waals surface area contributed by atoms with Gasteiger partial charge in [-0.25, -0.2) is 4.98 Å². The summed E-state index contributed by atoms with van der Waals surface area (Å²) in [5.41, 5.74) is 1.59. The van der Waals surface area contributed by atoms with Crippen LogP contribution >= 0.6 is 0 Å². The van der Waals surface area contributed by atoms with Gasteiger partial charge in [0.1, 0.15) is 11.5 Å². The summed E-state index contributed by atoms with van der Waals surface area (Å²) in [7, 11) is 0. The molecule has 1 aromatic heterocycles. The van der Waals surface area contributed by atoms with Gasteiger partial charge in [-0.05, 0) is 18.9 Å². The highest BCUT2D eigenvalue weighted by molar-refractivity contribution is 5.92. The van der Waals surface area contributed by atoms with Crippen LogP contribution in [0.1, 0.15) is 48.1 Å². The van der Waals surface area contributed by atoms with Crippen molar-refractivity contribution in [2.24, 2.45) is 0 Å². The van der Waals surface area contributed by atoms with Gasteiger partial charge in [0.25, 0.3) is 5.91 Å². The topological polar surface area (TPSA) is 78.0 Å². The first-order chi connectivity index (χ1) is 10.6. The van der Waals surface area contributed by atoms with E-state index in [-0.39, 0.29) is 11.8 Å². The van der Waals surface area contributed by atoms with Crippen LogP contribution in [0.4, 0.5) is 0 Å². The van der Waals surface area contributed by atoms with Crippen molar-refractivity contribution in [3.63, 3.8) is 0 Å². The van der Waals surface area contributed by atoms with Crippen LogP contribution < -0.4 is 5.32 Å². The monoisotopic (exact) mass is 301 g/mol. The number of rotatable bonds is 7. The van der Waals surface area contributed by atoms with Crippen LogP contribution in [-0.4, -0.2) is 33.6 Å². The average molecular weight is 301 g/mol. The fourth-order valence-electron chi connectivity index (χ4n) is 2.44. The van der Waals surface area contributed by atoms with E-state index in [0.717, 1.165) is 17.8 Å². The zero-order chi connectivity index (χ0) is 15.9. The molecule has 0 radical (unpaired) electrons. The number of H-pyrrole nitrogens is 1. The molecule has 0 aliphatic heterocycles. The molecule has 1 amide bonds. The largest absolute Gasteiger partial charge is 0.393 e. The number of aliphatic hydroxyl groups excluding tert-OH is 1. The highest BCUT2D eigenvalue weighted by atomic mass is 16.3. The molecule has 0 aliphatic rings. The summed E-state index contributed by atoms with van der Waals surface area (Å²) in [6, 6.07) is 9.93. The van der Waals surface area contributed by atoms with Crippen molar-refractivity contribution >= 4 is 5.91 Å². The summed E-state index contributed by atoms with van der Waals surface area (Å²) in [5.74, 6) is 0.714. The number of hydrogen-bond donors (Lipinski definition) is 3. The third-order valence-electron chi connectivity index (χ3n) is 3.61. The Morgan fingerprint density at radius 2 is 2.09 bits per heavy atom. The summed E-state index contributed by atoms with van der Waals surface area (Å²) in [6.45, 7) is 4.23. The number of aryl methyl sites for hydroxylation is 1. The van der Waals surface area contributed by atoms with Crippen molar-refractivity contribution in [2.75, 3.05) is 6.54 Å². The lowest BCUT2D eigenvalue weighted by Crippen LogP contribution is -2.30. The minimum Gasteiger partial charge on any atom is -0.393 e. The molecule has 118 valence electrons. The van der Waals surface area contributed by atoms with E-state index < -0.39 is 6.10 Å². The number of aliphatic hydroxyl groups is 1. The van der Waals surface area contributed by atoms with Crippen LogP contribution in [0.3, 0.4) is 0 Å². The minimum absolute atomic E-state index is 0.0821. The quantitative estimate of drug-likeness (QED) is 0.734. The van der Waals surface area contributed by atoms with Crippen LogP contribution in [0.5, 0.6) is 0 Å². The van der Waals surface area contributed by atoms with Crippen LogP contribution in [-0.2, 0) is 6.42 Å². The Hall–Kier alpha value is -2.14. The van der Waals surface area contributed by atoms with Crippen LogP contribution in [0.15, 0.2) is 36.5 Å². The first-order valence-electron chi connectivity index (χ1n) is 7.65. The van der Waals surface area contributed by atoms with E-state index >= 15 is 0 Å². The molecular weight excluding hydrogens is 278 g/mol. The van der Waals surface area contributed by atoms with Gasteiger partial charge in [-0.1, -0.05) is 37.3 Å². The summed E-state index contributed by atoms with van der Waals surface area (Å²) in [6.07, 6.45) is 2.51. The predicted octanol–water partition coefficient (Wildman–Crippen LogP) is 2.26. The highest BCUT2D eigenvalue weighted by Crippen LogP contribution is 2.20. The number of amides is 1. The van der Waals surface area contributed by atoms with E-state index in [4.69, 9.17) is 0 Å². The lowest BCUT2D eigenvalue weighted by atomic mass is 9.93. The first-order valence-corrected chi connectivity index (χ1v) is 7.65. The van der Waals surface area contributed by atoms with Crippen LogP contribution in [0.25, 0.3) is 0 Å². The minimum atomic E-state index is -0.416. The standard InChI is InChI=1S/C17H23N3O2/c1-3-16-18-11-15(20-16)17(22)19-10-14(9-12(2)21)13-7-5-4-6-8-13/h4-8,11-12,14,21H,3,9-10H2,1-2H3,(H,18,20)(H,19,22). The predicted molar refractivity (Wildman–Crippen MR) is 85.8 cm³/mol. The number of hydrogen-bond acceptors (Lipinski definition) is 3. The Balaban J connectivity index is 2.00. The van der Waals surface area contributed by atoms with Gasteiger partial charge in [-0.2, -0.15) is 0 Å². The molecule has 0 spiro atoms. The van der Waals surface area contributed by atoms with Crippen LogP contribution in [0.2, 0.25) is 0 Å². The smallest absolute Gasteiger partial charge is 0.269 e. The Labute approximate surface area is 130 Å². The van der Waals surface area contributed by atoms with Crippen molar-refractivity contribution in [3.05, 3.63) is 53.6 Å². The molecule has 3 N–H and O–H groups in total. The van der Waals surface area contributed by atoms with E-state index in [1.54, 1.807) is 13.1 Å². The van der Waals surface area contributed by atoms with Gasteiger partial charge in [-0.15, -0.1) is 0 Å². The third kappa shape index (κ3) is 4.43. The fraction of sp³-hybridized carbons (Fsp3) is 0.412. The zero-order valence-electron chi connectivity index (χ0n) is 13.0. The summed E-state index contributed by atoms with van der Waals surface area (Å²) >= 11 is 0. The summed E-state index contributed by atoms with van der Waals surface area (Å²) < 4.78 is 0. The fourth-order valence-corrected chi connectivity index (χ4v) is 2.44. The van der Waals surface area contributed by atoms with Crippen molar-refractivity contribution in [1.29, 1.82) is 0 Å². The summed E-state index contributed by atoms with van der Waals surface area (Å²) in [4.78, 5) is 19.3. The molecule has 0 bridgehead atoms. The number of benzene rings is 1. The molecule has 2 unspecified atom stereocenters.